The lowest BCUT2D eigenvalue weighted by Crippen LogP contribution is -2.12. The van der Waals surface area contributed by atoms with E-state index in [-0.39, 0.29) is 45.0 Å². The van der Waals surface area contributed by atoms with E-state index in [1.165, 1.54) is 67.8 Å². The molecule has 1 aromatic heterocycles. The minimum Gasteiger partial charge on any atom is -0.504 e. The van der Waals surface area contributed by atoms with Crippen molar-refractivity contribution in [2.45, 2.75) is 0 Å². The highest BCUT2D eigenvalue weighted by Gasteiger charge is 2.25. The Bertz CT molecular complexity index is 1700. The van der Waals surface area contributed by atoms with Gasteiger partial charge in [0.2, 0.25) is 0 Å². The first-order valence-electron chi connectivity index (χ1n) is 11.3. The zero-order chi connectivity index (χ0) is 28.3. The highest BCUT2D eigenvalue weighted by Crippen LogP contribution is 2.33. The van der Waals surface area contributed by atoms with Crippen molar-refractivity contribution in [2.75, 3.05) is 7.11 Å². The summed E-state index contributed by atoms with van der Waals surface area (Å²) in [7, 11) is 1.30. The van der Waals surface area contributed by atoms with Gasteiger partial charge in [0.1, 0.15) is 5.75 Å². The Morgan fingerprint density at radius 3 is 1.82 bits per heavy atom. The first-order valence-corrected chi connectivity index (χ1v) is 11.3. The number of carbonyl (C=O) groups is 3. The van der Waals surface area contributed by atoms with Crippen LogP contribution in [0.15, 0.2) is 66.9 Å². The van der Waals surface area contributed by atoms with Crippen molar-refractivity contribution in [3.8, 4) is 28.7 Å². The van der Waals surface area contributed by atoms with Crippen LogP contribution in [0.2, 0.25) is 0 Å². The van der Waals surface area contributed by atoms with Gasteiger partial charge in [-0.3, -0.25) is 14.6 Å². The lowest BCUT2D eigenvalue weighted by atomic mass is 9.94. The van der Waals surface area contributed by atoms with E-state index in [0.29, 0.717) is 11.1 Å². The number of ether oxygens (including phenoxy) is 1. The molecule has 0 aliphatic rings. The number of phenolic OH excluding ortho intramolecular Hbond substituents is 4. The molecule has 4 aromatic rings. The quantitative estimate of drug-likeness (QED) is 0.124. The predicted molar refractivity (Wildman–Crippen MR) is 142 cm³/mol. The summed E-state index contributed by atoms with van der Waals surface area (Å²) >= 11 is 0. The zero-order valence-corrected chi connectivity index (χ0v) is 20.3. The van der Waals surface area contributed by atoms with Crippen LogP contribution in [0.3, 0.4) is 0 Å². The van der Waals surface area contributed by atoms with Crippen molar-refractivity contribution >= 4 is 40.6 Å². The van der Waals surface area contributed by atoms with Crippen LogP contribution in [-0.4, -0.2) is 55.2 Å². The second kappa shape index (κ2) is 10.8. The van der Waals surface area contributed by atoms with Gasteiger partial charge < -0.3 is 30.3 Å². The molecule has 39 heavy (non-hydrogen) atoms. The van der Waals surface area contributed by atoms with Crippen molar-refractivity contribution < 1.29 is 44.7 Å². The van der Waals surface area contributed by atoms with Crippen molar-refractivity contribution in [1.82, 2.24) is 4.98 Å². The van der Waals surface area contributed by atoms with Gasteiger partial charge in [-0.25, -0.2) is 4.79 Å². The number of carboxylic acid groups (broad SMARTS) is 1. The zero-order valence-electron chi connectivity index (χ0n) is 20.3. The van der Waals surface area contributed by atoms with Crippen molar-refractivity contribution in [3.63, 3.8) is 0 Å². The molecule has 0 radical (unpaired) electrons. The van der Waals surface area contributed by atoms with Crippen LogP contribution in [0.4, 0.5) is 0 Å². The number of ketones is 2. The smallest absolute Gasteiger partial charge is 0.337 e. The number of hydrogen-bond acceptors (Lipinski definition) is 9. The third-order valence-corrected chi connectivity index (χ3v) is 5.80. The van der Waals surface area contributed by atoms with Crippen LogP contribution >= 0.6 is 0 Å². The molecular formula is C29H21NO9. The van der Waals surface area contributed by atoms with Crippen molar-refractivity contribution in [3.05, 3.63) is 94.7 Å². The van der Waals surface area contributed by atoms with E-state index in [9.17, 15) is 39.9 Å². The van der Waals surface area contributed by atoms with E-state index in [4.69, 9.17) is 4.74 Å². The number of benzene rings is 3. The molecule has 10 heteroatoms. The summed E-state index contributed by atoms with van der Waals surface area (Å²) in [4.78, 5) is 43.0. The number of phenols is 4. The molecule has 0 unspecified atom stereocenters. The molecule has 196 valence electrons. The number of fused-ring (bicyclic) bond motifs is 1. The monoisotopic (exact) mass is 527 g/mol. The van der Waals surface area contributed by atoms with E-state index >= 15 is 0 Å². The number of aromatic nitrogens is 1. The average Bonchev–Trinajstić information content (AvgIpc) is 2.92. The molecule has 0 atom stereocenters. The highest BCUT2D eigenvalue weighted by molar-refractivity contribution is 6.24. The minimum atomic E-state index is -1.48. The maximum absolute atomic E-state index is 13.3. The third kappa shape index (κ3) is 5.39. The van der Waals surface area contributed by atoms with Gasteiger partial charge in [-0.2, -0.15) is 0 Å². The Balaban J connectivity index is 1.84. The number of carbonyl (C=O) groups excluding carboxylic acids is 2. The van der Waals surface area contributed by atoms with Gasteiger partial charge in [0.15, 0.2) is 34.6 Å². The van der Waals surface area contributed by atoms with Crippen LogP contribution in [0.25, 0.3) is 23.1 Å². The standard InChI is InChI=1S/C29H21NO9/c1-39-25-11-6-18-27(28(25)22(34)10-5-16-4-9-21(33)24(36)13-16)26(29(37)38)17(14-30-18)19(31)7-2-15-3-8-20(32)23(35)12-15/h2-14,32-33,35-36H,1H3,(H,37,38). The Hall–Kier alpha value is -5.64. The van der Waals surface area contributed by atoms with E-state index < -0.39 is 28.8 Å². The second-order valence-corrected chi connectivity index (χ2v) is 8.28. The fourth-order valence-electron chi connectivity index (χ4n) is 3.90. The molecular weight excluding hydrogens is 506 g/mol. The normalized spacial score (nSPS) is 11.3. The maximum atomic E-state index is 13.3. The number of nitrogens with zero attached hydrogens (tertiary/aromatic N) is 1. The molecule has 3 aromatic carbocycles. The number of pyridine rings is 1. The summed E-state index contributed by atoms with van der Waals surface area (Å²) in [5, 5.41) is 48.3. The molecule has 0 saturated carbocycles. The molecule has 10 nitrogen and oxygen atoms in total. The lowest BCUT2D eigenvalue weighted by Gasteiger charge is -2.13. The van der Waals surface area contributed by atoms with Crippen LogP contribution in [0, 0.1) is 0 Å². The van der Waals surface area contributed by atoms with Gasteiger partial charge in [-0.05, 0) is 59.7 Å². The second-order valence-electron chi connectivity index (χ2n) is 8.28. The Morgan fingerprint density at radius 2 is 1.31 bits per heavy atom. The third-order valence-electron chi connectivity index (χ3n) is 5.80. The largest absolute Gasteiger partial charge is 0.504 e. The summed E-state index contributed by atoms with van der Waals surface area (Å²) in [5.41, 5.74) is 0.00509. The average molecular weight is 527 g/mol. The van der Waals surface area contributed by atoms with E-state index in [2.05, 4.69) is 4.98 Å². The summed E-state index contributed by atoms with van der Waals surface area (Å²) in [6.45, 7) is 0. The first kappa shape index (κ1) is 26.4. The van der Waals surface area contributed by atoms with Crippen LogP contribution in [0.1, 0.15) is 42.2 Å². The molecule has 4 rings (SSSR count). The summed E-state index contributed by atoms with van der Waals surface area (Å²) < 4.78 is 5.33. The van der Waals surface area contributed by atoms with Gasteiger partial charge in [0.25, 0.3) is 0 Å². The Labute approximate surface area is 221 Å². The van der Waals surface area contributed by atoms with Crippen LogP contribution in [-0.2, 0) is 0 Å². The van der Waals surface area contributed by atoms with E-state index in [1.54, 1.807) is 0 Å². The maximum Gasteiger partial charge on any atom is 0.337 e. The SMILES string of the molecule is COc1ccc2ncc(C(=O)C=Cc3ccc(O)c(O)c3)c(C(=O)O)c2c1C(=O)C=Cc1ccc(O)c(O)c1. The number of rotatable bonds is 8. The Kier molecular flexibility index (Phi) is 7.30. The van der Waals surface area contributed by atoms with Crippen molar-refractivity contribution in [2.24, 2.45) is 0 Å². The summed E-state index contributed by atoms with van der Waals surface area (Å²) in [6, 6.07) is 10.7. The predicted octanol–water partition coefficient (Wildman–Crippen LogP) is 4.56. The fourth-order valence-corrected chi connectivity index (χ4v) is 3.90. The molecule has 1 heterocycles. The van der Waals surface area contributed by atoms with E-state index in [1.807, 2.05) is 0 Å². The molecule has 0 amide bonds. The molecule has 0 aliphatic carbocycles. The van der Waals surface area contributed by atoms with Crippen LogP contribution < -0.4 is 4.74 Å². The molecule has 0 fully saturated rings. The summed E-state index contributed by atoms with van der Waals surface area (Å²) in [6.07, 6.45) is 6.01. The molecule has 0 saturated heterocycles. The molecule has 0 spiro atoms. The molecule has 0 bridgehead atoms. The fraction of sp³-hybridized carbons (Fsp3) is 0.0345. The minimum absolute atomic E-state index is 0.0507. The van der Waals surface area contributed by atoms with Crippen LogP contribution in [0.5, 0.6) is 28.7 Å². The van der Waals surface area contributed by atoms with Gasteiger partial charge >= 0.3 is 5.97 Å². The molecule has 5 N–H and O–H groups in total. The summed E-state index contributed by atoms with van der Waals surface area (Å²) in [5.74, 6) is -4.27. The topological polar surface area (TPSA) is 174 Å². The van der Waals surface area contributed by atoms with Gasteiger partial charge in [-0.15, -0.1) is 0 Å². The number of methoxy groups -OCH3 is 1. The van der Waals surface area contributed by atoms with Crippen molar-refractivity contribution in [1.29, 1.82) is 0 Å². The van der Waals surface area contributed by atoms with E-state index in [0.717, 1.165) is 18.3 Å². The van der Waals surface area contributed by atoms with Gasteiger partial charge in [0, 0.05) is 11.6 Å². The Morgan fingerprint density at radius 1 is 0.744 bits per heavy atom. The number of hydrogen-bond donors (Lipinski definition) is 5. The molecule has 0 aliphatic heterocycles. The number of allylic oxidation sites excluding steroid dienone is 2. The van der Waals surface area contributed by atoms with Gasteiger partial charge in [-0.1, -0.05) is 24.3 Å². The highest BCUT2D eigenvalue weighted by atomic mass is 16.5. The number of carboxylic acids is 1. The lowest BCUT2D eigenvalue weighted by molar-refractivity contribution is 0.0695. The van der Waals surface area contributed by atoms with Gasteiger partial charge in [0.05, 0.1) is 29.3 Å². The number of aromatic carboxylic acids is 1. The number of aromatic hydroxyl groups is 4. The first-order chi connectivity index (χ1) is 18.6.